The molecule has 3 rings (SSSR count). The van der Waals surface area contributed by atoms with E-state index in [-0.39, 0.29) is 18.0 Å². The highest BCUT2D eigenvalue weighted by molar-refractivity contribution is 5.93. The van der Waals surface area contributed by atoms with Gasteiger partial charge in [-0.25, -0.2) is 4.79 Å². The number of benzene rings is 1. The van der Waals surface area contributed by atoms with Gasteiger partial charge in [-0.2, -0.15) is 0 Å². The number of furan rings is 1. The van der Waals surface area contributed by atoms with Crippen molar-refractivity contribution in [2.24, 2.45) is 0 Å². The van der Waals surface area contributed by atoms with Crippen LogP contribution in [0.1, 0.15) is 36.1 Å². The smallest absolute Gasteiger partial charge is 0.315 e. The Labute approximate surface area is 134 Å². The predicted molar refractivity (Wildman–Crippen MR) is 85.9 cm³/mol. The van der Waals surface area contributed by atoms with Crippen LogP contribution in [0.3, 0.4) is 0 Å². The lowest BCUT2D eigenvalue weighted by molar-refractivity contribution is -0.116. The van der Waals surface area contributed by atoms with Crippen LogP contribution in [0.5, 0.6) is 0 Å². The Hall–Kier alpha value is -2.76. The second kappa shape index (κ2) is 6.56. The molecule has 0 radical (unpaired) electrons. The lowest BCUT2D eigenvalue weighted by atomic mass is 9.98. The van der Waals surface area contributed by atoms with Gasteiger partial charge in [0, 0.05) is 24.2 Å². The third-order valence-corrected chi connectivity index (χ3v) is 3.91. The van der Waals surface area contributed by atoms with Gasteiger partial charge in [0.1, 0.15) is 0 Å². The van der Waals surface area contributed by atoms with E-state index < -0.39 is 0 Å². The van der Waals surface area contributed by atoms with Crippen LogP contribution in [0.4, 0.5) is 10.5 Å². The quantitative estimate of drug-likeness (QED) is 0.811. The molecule has 3 N–H and O–H groups in total. The molecule has 0 unspecified atom stereocenters. The minimum Gasteiger partial charge on any atom is -0.472 e. The van der Waals surface area contributed by atoms with Crippen LogP contribution < -0.4 is 16.0 Å². The van der Waals surface area contributed by atoms with Gasteiger partial charge < -0.3 is 20.4 Å². The summed E-state index contributed by atoms with van der Waals surface area (Å²) in [6, 6.07) is 7.30. The van der Waals surface area contributed by atoms with Crippen LogP contribution in [0.2, 0.25) is 0 Å². The van der Waals surface area contributed by atoms with Gasteiger partial charge in [0.15, 0.2) is 0 Å². The molecule has 1 aromatic carbocycles. The number of anilines is 1. The SMILES string of the molecule is C[C@@H](NC(=O)NCc1ccoc1)c1ccc2c(c1)CCC(=O)N2. The van der Waals surface area contributed by atoms with Gasteiger partial charge in [0.25, 0.3) is 0 Å². The van der Waals surface area contributed by atoms with E-state index in [0.717, 1.165) is 28.8 Å². The number of fused-ring (bicyclic) bond motifs is 1. The molecule has 1 aromatic heterocycles. The summed E-state index contributed by atoms with van der Waals surface area (Å²) in [7, 11) is 0. The summed E-state index contributed by atoms with van der Waals surface area (Å²) < 4.78 is 4.96. The second-order valence-corrected chi connectivity index (χ2v) is 5.65. The zero-order valence-electron chi connectivity index (χ0n) is 12.9. The number of amides is 3. The second-order valence-electron chi connectivity index (χ2n) is 5.65. The summed E-state index contributed by atoms with van der Waals surface area (Å²) in [5, 5.41) is 8.55. The Morgan fingerprint density at radius 2 is 2.22 bits per heavy atom. The zero-order valence-corrected chi connectivity index (χ0v) is 12.9. The number of hydrogen-bond donors (Lipinski definition) is 3. The molecule has 2 heterocycles. The van der Waals surface area contributed by atoms with Crippen LogP contribution in [-0.4, -0.2) is 11.9 Å². The maximum Gasteiger partial charge on any atom is 0.315 e. The molecule has 6 nitrogen and oxygen atoms in total. The molecule has 2 aromatic rings. The fourth-order valence-electron chi connectivity index (χ4n) is 2.58. The molecule has 0 spiro atoms. The molecule has 23 heavy (non-hydrogen) atoms. The maximum atomic E-state index is 11.9. The summed E-state index contributed by atoms with van der Waals surface area (Å²) in [4.78, 5) is 23.3. The van der Waals surface area contributed by atoms with Crippen LogP contribution in [0.25, 0.3) is 0 Å². The third kappa shape index (κ3) is 3.71. The summed E-state index contributed by atoms with van der Waals surface area (Å²) >= 11 is 0. The fraction of sp³-hybridized carbons (Fsp3) is 0.294. The lowest BCUT2D eigenvalue weighted by Gasteiger charge is -2.20. The molecule has 1 aliphatic rings. The molecular weight excluding hydrogens is 294 g/mol. The van der Waals surface area contributed by atoms with Crippen molar-refractivity contribution >= 4 is 17.6 Å². The van der Waals surface area contributed by atoms with Crippen molar-refractivity contribution in [3.63, 3.8) is 0 Å². The highest BCUT2D eigenvalue weighted by Crippen LogP contribution is 2.26. The molecule has 0 bridgehead atoms. The maximum absolute atomic E-state index is 11.9. The third-order valence-electron chi connectivity index (χ3n) is 3.91. The summed E-state index contributed by atoms with van der Waals surface area (Å²) in [6.45, 7) is 2.35. The van der Waals surface area contributed by atoms with Gasteiger partial charge in [-0.1, -0.05) is 12.1 Å². The lowest BCUT2D eigenvalue weighted by Crippen LogP contribution is -2.36. The normalized spacial score (nSPS) is 14.6. The molecule has 120 valence electrons. The minimum absolute atomic E-state index is 0.0510. The van der Waals surface area contributed by atoms with Crippen molar-refractivity contribution in [2.45, 2.75) is 32.4 Å². The van der Waals surface area contributed by atoms with Crippen molar-refractivity contribution < 1.29 is 14.0 Å². The first kappa shape index (κ1) is 15.1. The van der Waals surface area contributed by atoms with Crippen molar-refractivity contribution in [3.05, 3.63) is 53.5 Å². The van der Waals surface area contributed by atoms with E-state index in [2.05, 4.69) is 16.0 Å². The van der Waals surface area contributed by atoms with E-state index in [4.69, 9.17) is 4.42 Å². The van der Waals surface area contributed by atoms with E-state index in [1.54, 1.807) is 12.5 Å². The summed E-state index contributed by atoms with van der Waals surface area (Å²) in [5.74, 6) is 0.0510. The van der Waals surface area contributed by atoms with Crippen LogP contribution in [-0.2, 0) is 17.8 Å². The Morgan fingerprint density at radius 3 is 3.00 bits per heavy atom. The van der Waals surface area contributed by atoms with Crippen molar-refractivity contribution in [1.29, 1.82) is 0 Å². The number of aryl methyl sites for hydroxylation is 1. The van der Waals surface area contributed by atoms with Gasteiger partial charge in [-0.15, -0.1) is 0 Å². The molecular formula is C17H19N3O3. The Balaban J connectivity index is 1.58. The topological polar surface area (TPSA) is 83.4 Å². The van der Waals surface area contributed by atoms with E-state index in [9.17, 15) is 9.59 Å². The Morgan fingerprint density at radius 1 is 1.35 bits per heavy atom. The number of carbonyl (C=O) groups excluding carboxylic acids is 2. The zero-order chi connectivity index (χ0) is 16.2. The highest BCUT2D eigenvalue weighted by Gasteiger charge is 2.17. The van der Waals surface area contributed by atoms with Gasteiger partial charge in [0.05, 0.1) is 18.6 Å². The van der Waals surface area contributed by atoms with Crippen LogP contribution >= 0.6 is 0 Å². The van der Waals surface area contributed by atoms with E-state index in [1.807, 2.05) is 31.2 Å². The van der Waals surface area contributed by atoms with Gasteiger partial charge in [0.2, 0.25) is 5.91 Å². The average Bonchev–Trinajstić information content (AvgIpc) is 3.05. The van der Waals surface area contributed by atoms with Crippen molar-refractivity contribution in [3.8, 4) is 0 Å². The standard InChI is InChI=1S/C17H19N3O3/c1-11(19-17(22)18-9-12-6-7-23-10-12)13-2-4-15-14(8-13)3-5-16(21)20-15/h2,4,6-8,10-11H,3,5,9H2,1H3,(H,20,21)(H2,18,19,22)/t11-/m1/s1. The summed E-state index contributed by atoms with van der Waals surface area (Å²) in [6.07, 6.45) is 4.41. The number of hydrogen-bond acceptors (Lipinski definition) is 3. The number of urea groups is 1. The monoisotopic (exact) mass is 313 g/mol. The molecule has 1 aliphatic heterocycles. The fourth-order valence-corrected chi connectivity index (χ4v) is 2.58. The van der Waals surface area contributed by atoms with Gasteiger partial charge in [-0.05, 0) is 36.6 Å². The molecule has 0 aliphatic carbocycles. The molecule has 0 saturated carbocycles. The van der Waals surface area contributed by atoms with Crippen molar-refractivity contribution in [1.82, 2.24) is 10.6 Å². The van der Waals surface area contributed by atoms with Crippen LogP contribution in [0, 0.1) is 0 Å². The molecule has 1 atom stereocenters. The number of carbonyl (C=O) groups is 2. The van der Waals surface area contributed by atoms with Gasteiger partial charge >= 0.3 is 6.03 Å². The first-order valence-corrected chi connectivity index (χ1v) is 7.60. The molecule has 0 fully saturated rings. The average molecular weight is 313 g/mol. The van der Waals surface area contributed by atoms with Crippen molar-refractivity contribution in [2.75, 3.05) is 5.32 Å². The molecule has 3 amide bonds. The highest BCUT2D eigenvalue weighted by atomic mass is 16.3. The molecule has 0 saturated heterocycles. The summed E-state index contributed by atoms with van der Waals surface area (Å²) in [5.41, 5.74) is 3.90. The number of rotatable bonds is 4. The Kier molecular flexibility index (Phi) is 4.32. The largest absolute Gasteiger partial charge is 0.472 e. The Bertz CT molecular complexity index is 710. The van der Waals surface area contributed by atoms with E-state index >= 15 is 0 Å². The first-order chi connectivity index (χ1) is 11.1. The number of nitrogens with one attached hydrogen (secondary N) is 3. The van der Waals surface area contributed by atoms with E-state index in [1.165, 1.54) is 0 Å². The minimum atomic E-state index is -0.232. The first-order valence-electron chi connectivity index (χ1n) is 7.60. The predicted octanol–water partition coefficient (Wildman–Crippen LogP) is 2.72. The van der Waals surface area contributed by atoms with E-state index in [0.29, 0.717) is 13.0 Å². The van der Waals surface area contributed by atoms with Gasteiger partial charge in [-0.3, -0.25) is 4.79 Å². The molecule has 6 heteroatoms. The van der Waals surface area contributed by atoms with Crippen LogP contribution in [0.15, 0.2) is 41.2 Å².